The SMILES string of the molecule is CCSc1cccc(F)c1-c1ncc(CNC2CC2)s1. The summed E-state index contributed by atoms with van der Waals surface area (Å²) in [5, 5.41) is 4.25. The van der Waals surface area contributed by atoms with E-state index in [-0.39, 0.29) is 5.82 Å². The number of thiazole rings is 1. The van der Waals surface area contributed by atoms with Crippen LogP contribution in [-0.4, -0.2) is 16.8 Å². The second-order valence-corrected chi connectivity index (χ2v) is 7.25. The highest BCUT2D eigenvalue weighted by molar-refractivity contribution is 7.99. The van der Waals surface area contributed by atoms with Gasteiger partial charge in [0.1, 0.15) is 10.8 Å². The maximum absolute atomic E-state index is 14.1. The standard InChI is InChI=1S/C15H17FN2S2/c1-2-19-13-5-3-4-12(16)14(13)15-18-9-11(20-15)8-17-10-6-7-10/h3-5,9-10,17H,2,6-8H2,1H3. The average Bonchev–Trinajstić information content (AvgIpc) is 3.15. The predicted molar refractivity (Wildman–Crippen MR) is 83.8 cm³/mol. The lowest BCUT2D eigenvalue weighted by atomic mass is 10.2. The van der Waals surface area contributed by atoms with E-state index in [0.29, 0.717) is 11.6 Å². The van der Waals surface area contributed by atoms with Crippen molar-refractivity contribution in [2.45, 2.75) is 37.2 Å². The number of thioether (sulfide) groups is 1. The van der Waals surface area contributed by atoms with Crippen molar-refractivity contribution < 1.29 is 4.39 Å². The predicted octanol–water partition coefficient (Wildman–Crippen LogP) is 4.31. The molecule has 0 amide bonds. The van der Waals surface area contributed by atoms with Crippen molar-refractivity contribution in [3.8, 4) is 10.6 Å². The van der Waals surface area contributed by atoms with Crippen molar-refractivity contribution in [3.63, 3.8) is 0 Å². The Morgan fingerprint density at radius 1 is 1.45 bits per heavy atom. The van der Waals surface area contributed by atoms with E-state index in [0.717, 1.165) is 22.2 Å². The first kappa shape index (κ1) is 14.0. The lowest BCUT2D eigenvalue weighted by molar-refractivity contribution is 0.628. The molecule has 0 aliphatic heterocycles. The molecule has 1 aliphatic carbocycles. The van der Waals surface area contributed by atoms with Gasteiger partial charge in [-0.15, -0.1) is 23.1 Å². The molecule has 1 heterocycles. The van der Waals surface area contributed by atoms with E-state index < -0.39 is 0 Å². The molecule has 1 aromatic heterocycles. The van der Waals surface area contributed by atoms with Crippen molar-refractivity contribution >= 4 is 23.1 Å². The van der Waals surface area contributed by atoms with Gasteiger partial charge in [0.15, 0.2) is 0 Å². The van der Waals surface area contributed by atoms with E-state index in [4.69, 9.17) is 0 Å². The Morgan fingerprint density at radius 2 is 2.30 bits per heavy atom. The zero-order valence-corrected chi connectivity index (χ0v) is 13.0. The Hall–Kier alpha value is -0.910. The van der Waals surface area contributed by atoms with E-state index in [1.807, 2.05) is 12.3 Å². The second-order valence-electron chi connectivity index (χ2n) is 4.83. The maximum Gasteiger partial charge on any atom is 0.134 e. The van der Waals surface area contributed by atoms with Crippen LogP contribution in [0.1, 0.15) is 24.6 Å². The highest BCUT2D eigenvalue weighted by atomic mass is 32.2. The summed E-state index contributed by atoms with van der Waals surface area (Å²) < 4.78 is 14.1. The minimum Gasteiger partial charge on any atom is -0.309 e. The quantitative estimate of drug-likeness (QED) is 0.805. The van der Waals surface area contributed by atoms with Gasteiger partial charge in [-0.25, -0.2) is 9.37 Å². The van der Waals surface area contributed by atoms with Crippen LogP contribution in [0, 0.1) is 5.82 Å². The number of aromatic nitrogens is 1. The second kappa shape index (κ2) is 6.24. The van der Waals surface area contributed by atoms with E-state index in [9.17, 15) is 4.39 Å². The lowest BCUT2D eigenvalue weighted by Crippen LogP contribution is -2.14. The molecule has 2 nitrogen and oxygen atoms in total. The lowest BCUT2D eigenvalue weighted by Gasteiger charge is -2.06. The van der Waals surface area contributed by atoms with Crippen molar-refractivity contribution in [1.29, 1.82) is 0 Å². The Bertz CT molecular complexity index is 593. The minimum atomic E-state index is -0.181. The zero-order chi connectivity index (χ0) is 13.9. The molecule has 20 heavy (non-hydrogen) atoms. The zero-order valence-electron chi connectivity index (χ0n) is 11.4. The Kier molecular flexibility index (Phi) is 4.38. The third kappa shape index (κ3) is 3.22. The van der Waals surface area contributed by atoms with Gasteiger partial charge in [0.2, 0.25) is 0 Å². The highest BCUT2D eigenvalue weighted by Crippen LogP contribution is 2.36. The van der Waals surface area contributed by atoms with Gasteiger partial charge in [-0.1, -0.05) is 13.0 Å². The number of rotatable bonds is 6. The molecule has 0 unspecified atom stereocenters. The molecular weight excluding hydrogens is 291 g/mol. The number of halogens is 1. The fourth-order valence-corrected chi connectivity index (χ4v) is 3.84. The van der Waals surface area contributed by atoms with Gasteiger partial charge < -0.3 is 5.32 Å². The molecule has 0 spiro atoms. The summed E-state index contributed by atoms with van der Waals surface area (Å²) in [6, 6.07) is 5.93. The summed E-state index contributed by atoms with van der Waals surface area (Å²) in [6.07, 6.45) is 4.41. The molecule has 1 saturated carbocycles. The van der Waals surface area contributed by atoms with Crippen molar-refractivity contribution in [2.24, 2.45) is 0 Å². The third-order valence-electron chi connectivity index (χ3n) is 3.18. The summed E-state index contributed by atoms with van der Waals surface area (Å²) in [4.78, 5) is 6.56. The molecule has 1 aromatic carbocycles. The number of nitrogens with zero attached hydrogens (tertiary/aromatic N) is 1. The molecule has 1 N–H and O–H groups in total. The minimum absolute atomic E-state index is 0.181. The van der Waals surface area contributed by atoms with Crippen LogP contribution in [0.25, 0.3) is 10.6 Å². The third-order valence-corrected chi connectivity index (χ3v) is 5.14. The Morgan fingerprint density at radius 3 is 3.05 bits per heavy atom. The number of benzene rings is 1. The molecule has 1 fully saturated rings. The molecule has 0 bridgehead atoms. The smallest absolute Gasteiger partial charge is 0.134 e. The Balaban J connectivity index is 1.84. The summed E-state index contributed by atoms with van der Waals surface area (Å²) in [7, 11) is 0. The molecule has 0 radical (unpaired) electrons. The van der Waals surface area contributed by atoms with Gasteiger partial charge in [-0.3, -0.25) is 0 Å². The van der Waals surface area contributed by atoms with Crippen LogP contribution in [0.3, 0.4) is 0 Å². The van der Waals surface area contributed by atoms with Gasteiger partial charge >= 0.3 is 0 Å². The van der Waals surface area contributed by atoms with Gasteiger partial charge in [-0.2, -0.15) is 0 Å². The monoisotopic (exact) mass is 308 g/mol. The van der Waals surface area contributed by atoms with Crippen LogP contribution in [0.15, 0.2) is 29.3 Å². The molecular formula is C15H17FN2S2. The largest absolute Gasteiger partial charge is 0.309 e. The number of nitrogens with one attached hydrogen (secondary N) is 1. The van der Waals surface area contributed by atoms with Gasteiger partial charge in [0.25, 0.3) is 0 Å². The van der Waals surface area contributed by atoms with E-state index in [1.54, 1.807) is 29.2 Å². The van der Waals surface area contributed by atoms with Crippen LogP contribution in [0.5, 0.6) is 0 Å². The first-order chi connectivity index (χ1) is 9.78. The normalized spacial score (nSPS) is 14.7. The summed E-state index contributed by atoms with van der Waals surface area (Å²) >= 11 is 3.24. The highest BCUT2D eigenvalue weighted by Gasteiger charge is 2.21. The molecule has 106 valence electrons. The molecule has 5 heteroatoms. The van der Waals surface area contributed by atoms with Crippen LogP contribution in [0.2, 0.25) is 0 Å². The average molecular weight is 308 g/mol. The van der Waals surface area contributed by atoms with Crippen molar-refractivity contribution in [3.05, 3.63) is 35.1 Å². The molecule has 0 saturated heterocycles. The van der Waals surface area contributed by atoms with Crippen molar-refractivity contribution in [2.75, 3.05) is 5.75 Å². The van der Waals surface area contributed by atoms with Crippen LogP contribution < -0.4 is 5.32 Å². The number of hydrogen-bond acceptors (Lipinski definition) is 4. The first-order valence-electron chi connectivity index (χ1n) is 6.87. The Labute approximate surface area is 126 Å². The number of hydrogen-bond donors (Lipinski definition) is 1. The van der Waals surface area contributed by atoms with Crippen LogP contribution in [0.4, 0.5) is 4.39 Å². The van der Waals surface area contributed by atoms with Crippen molar-refractivity contribution in [1.82, 2.24) is 10.3 Å². The summed E-state index contributed by atoms with van der Waals surface area (Å²) in [5.41, 5.74) is 0.655. The molecule has 2 aromatic rings. The molecule has 0 atom stereocenters. The van der Waals surface area contributed by atoms with Crippen LogP contribution in [-0.2, 0) is 6.54 Å². The van der Waals surface area contributed by atoms with Gasteiger partial charge in [0, 0.05) is 28.6 Å². The van der Waals surface area contributed by atoms with E-state index in [2.05, 4.69) is 17.2 Å². The topological polar surface area (TPSA) is 24.9 Å². The molecule has 1 aliphatic rings. The van der Waals surface area contributed by atoms with E-state index in [1.165, 1.54) is 23.8 Å². The van der Waals surface area contributed by atoms with E-state index >= 15 is 0 Å². The van der Waals surface area contributed by atoms with Crippen LogP contribution >= 0.6 is 23.1 Å². The van der Waals surface area contributed by atoms with Gasteiger partial charge in [0.05, 0.1) is 5.56 Å². The summed E-state index contributed by atoms with van der Waals surface area (Å²) in [6.45, 7) is 2.92. The first-order valence-corrected chi connectivity index (χ1v) is 8.68. The molecule has 3 rings (SSSR count). The maximum atomic E-state index is 14.1. The fraction of sp³-hybridized carbons (Fsp3) is 0.400. The summed E-state index contributed by atoms with van der Waals surface area (Å²) in [5.74, 6) is 0.747. The van der Waals surface area contributed by atoms with Gasteiger partial charge in [-0.05, 0) is 30.7 Å². The fourth-order valence-electron chi connectivity index (χ4n) is 2.02.